The summed E-state index contributed by atoms with van der Waals surface area (Å²) in [5.41, 5.74) is 1.76. The third-order valence-corrected chi connectivity index (χ3v) is 4.25. The van der Waals surface area contributed by atoms with Crippen molar-refractivity contribution in [1.29, 1.82) is 0 Å². The normalized spacial score (nSPS) is 14.9. The molecule has 1 saturated carbocycles. The average molecular weight is 282 g/mol. The summed E-state index contributed by atoms with van der Waals surface area (Å²) in [6, 6.07) is 0.411. The molecule has 0 amide bonds. The third-order valence-electron chi connectivity index (χ3n) is 2.55. The molecular weight excluding hydrogens is 272 g/mol. The van der Waals surface area contributed by atoms with Crippen LogP contribution in [0.3, 0.4) is 0 Å². The summed E-state index contributed by atoms with van der Waals surface area (Å²) >= 11 is 2.73. The number of carboxylic acids is 1. The van der Waals surface area contributed by atoms with Crippen molar-refractivity contribution in [3.63, 3.8) is 0 Å². The Morgan fingerprint density at radius 1 is 1.56 bits per heavy atom. The minimum Gasteiger partial charge on any atom is -0.481 e. The van der Waals surface area contributed by atoms with Crippen molar-refractivity contribution in [1.82, 2.24) is 19.7 Å². The molecule has 3 rings (SSSR count). The molecule has 2 aromatic rings. The van der Waals surface area contributed by atoms with E-state index in [1.54, 1.807) is 11.7 Å². The van der Waals surface area contributed by atoms with E-state index in [4.69, 9.17) is 5.11 Å². The number of nitrogens with zero attached hydrogens (tertiary/aromatic N) is 4. The summed E-state index contributed by atoms with van der Waals surface area (Å²) in [7, 11) is 0. The second-order valence-corrected chi connectivity index (χ2v) is 5.78. The number of hydrogen-bond acceptors (Lipinski definition) is 6. The fraction of sp³-hybridized carbons (Fsp3) is 0.400. The van der Waals surface area contributed by atoms with Crippen LogP contribution in [0.5, 0.6) is 0 Å². The predicted octanol–water partition coefficient (Wildman–Crippen LogP) is 1.91. The molecule has 6 nitrogen and oxygen atoms in total. The summed E-state index contributed by atoms with van der Waals surface area (Å²) in [6.45, 7) is 0. The van der Waals surface area contributed by atoms with Crippen molar-refractivity contribution in [3.05, 3.63) is 11.7 Å². The van der Waals surface area contributed by atoms with E-state index in [1.807, 2.05) is 4.57 Å². The summed E-state index contributed by atoms with van der Waals surface area (Å²) in [4.78, 5) is 15.6. The number of rotatable bonds is 5. The van der Waals surface area contributed by atoms with Gasteiger partial charge in [-0.05, 0) is 12.8 Å². The Labute approximate surface area is 111 Å². The van der Waals surface area contributed by atoms with Crippen molar-refractivity contribution in [2.75, 3.05) is 5.75 Å². The van der Waals surface area contributed by atoms with Gasteiger partial charge in [0, 0.05) is 12.2 Å². The standard InChI is InChI=1S/C10H10N4O2S2/c15-8(16)4-17-10-13-12-9(7-3-11-5-18-7)14(10)6-1-2-6/h3,5-6H,1-2,4H2,(H,15,16). The maximum atomic E-state index is 10.6. The van der Waals surface area contributed by atoms with Crippen LogP contribution >= 0.6 is 23.1 Å². The Morgan fingerprint density at radius 3 is 3.00 bits per heavy atom. The molecule has 2 heterocycles. The quantitative estimate of drug-likeness (QED) is 0.844. The van der Waals surface area contributed by atoms with Gasteiger partial charge in [-0.15, -0.1) is 21.5 Å². The number of thioether (sulfide) groups is 1. The molecule has 1 aliphatic carbocycles. The summed E-state index contributed by atoms with van der Waals surface area (Å²) in [6.07, 6.45) is 3.97. The van der Waals surface area contributed by atoms with E-state index in [0.29, 0.717) is 11.2 Å². The first-order valence-corrected chi connectivity index (χ1v) is 7.30. The number of thiazole rings is 1. The van der Waals surface area contributed by atoms with Crippen molar-refractivity contribution in [2.24, 2.45) is 0 Å². The Bertz CT molecular complexity index is 562. The molecule has 2 aromatic heterocycles. The predicted molar refractivity (Wildman–Crippen MR) is 67.8 cm³/mol. The molecule has 0 spiro atoms. The SMILES string of the molecule is O=C(O)CSc1nnc(-c2cncs2)n1C1CC1. The molecule has 94 valence electrons. The molecule has 18 heavy (non-hydrogen) atoms. The minimum absolute atomic E-state index is 0.00748. The fourth-order valence-corrected chi connectivity index (χ4v) is 2.99. The summed E-state index contributed by atoms with van der Waals surface area (Å²) in [5, 5.41) is 17.7. The van der Waals surface area contributed by atoms with E-state index in [-0.39, 0.29) is 5.75 Å². The van der Waals surface area contributed by atoms with Crippen LogP contribution < -0.4 is 0 Å². The van der Waals surface area contributed by atoms with E-state index in [9.17, 15) is 4.79 Å². The highest BCUT2D eigenvalue weighted by Gasteiger charge is 2.30. The van der Waals surface area contributed by atoms with Gasteiger partial charge in [-0.3, -0.25) is 14.3 Å². The molecule has 0 saturated heterocycles. The molecule has 0 bridgehead atoms. The van der Waals surface area contributed by atoms with Gasteiger partial charge >= 0.3 is 5.97 Å². The van der Waals surface area contributed by atoms with Crippen LogP contribution in [-0.2, 0) is 4.79 Å². The second kappa shape index (κ2) is 4.69. The molecule has 0 unspecified atom stereocenters. The van der Waals surface area contributed by atoms with Crippen molar-refractivity contribution in [2.45, 2.75) is 24.0 Å². The van der Waals surface area contributed by atoms with E-state index >= 15 is 0 Å². The highest BCUT2D eigenvalue weighted by Crippen LogP contribution is 2.41. The molecule has 1 N–H and O–H groups in total. The number of carboxylic acid groups (broad SMARTS) is 1. The maximum absolute atomic E-state index is 10.6. The van der Waals surface area contributed by atoms with Gasteiger partial charge in [0.2, 0.25) is 0 Å². The molecule has 1 aliphatic rings. The first-order chi connectivity index (χ1) is 8.75. The maximum Gasteiger partial charge on any atom is 0.313 e. The second-order valence-electron chi connectivity index (χ2n) is 3.96. The monoisotopic (exact) mass is 282 g/mol. The largest absolute Gasteiger partial charge is 0.481 e. The van der Waals surface area contributed by atoms with Gasteiger partial charge in [0.1, 0.15) is 0 Å². The van der Waals surface area contributed by atoms with Crippen LogP contribution in [0.2, 0.25) is 0 Å². The molecule has 0 aromatic carbocycles. The first-order valence-electron chi connectivity index (χ1n) is 5.44. The minimum atomic E-state index is -0.843. The molecule has 0 radical (unpaired) electrons. The zero-order chi connectivity index (χ0) is 12.5. The number of aliphatic carboxylic acids is 1. The zero-order valence-electron chi connectivity index (χ0n) is 9.31. The average Bonchev–Trinajstić information content (AvgIpc) is 2.90. The van der Waals surface area contributed by atoms with Gasteiger partial charge in [0.05, 0.1) is 16.1 Å². The number of aromatic nitrogens is 4. The van der Waals surface area contributed by atoms with Crippen molar-refractivity contribution >= 4 is 29.1 Å². The summed E-state index contributed by atoms with van der Waals surface area (Å²) in [5.74, 6) is -0.0364. The van der Waals surface area contributed by atoms with Crippen LogP contribution in [0.4, 0.5) is 0 Å². The summed E-state index contributed by atoms with van der Waals surface area (Å²) < 4.78 is 2.04. The van der Waals surface area contributed by atoms with Crippen molar-refractivity contribution in [3.8, 4) is 10.7 Å². The Balaban J connectivity index is 1.93. The number of hydrogen-bond donors (Lipinski definition) is 1. The van der Waals surface area contributed by atoms with Gasteiger partial charge < -0.3 is 5.11 Å². The van der Waals surface area contributed by atoms with E-state index in [0.717, 1.165) is 23.5 Å². The van der Waals surface area contributed by atoms with Crippen LogP contribution in [0.25, 0.3) is 10.7 Å². The highest BCUT2D eigenvalue weighted by molar-refractivity contribution is 7.99. The topological polar surface area (TPSA) is 80.9 Å². The zero-order valence-corrected chi connectivity index (χ0v) is 10.9. The lowest BCUT2D eigenvalue weighted by Gasteiger charge is -2.06. The molecule has 1 fully saturated rings. The molecular formula is C10H10N4O2S2. The van der Waals surface area contributed by atoms with Gasteiger partial charge in [-0.1, -0.05) is 11.8 Å². The first kappa shape index (κ1) is 11.7. The Hall–Kier alpha value is -1.41. The number of carbonyl (C=O) groups is 1. The van der Waals surface area contributed by atoms with Gasteiger partial charge in [-0.2, -0.15) is 0 Å². The van der Waals surface area contributed by atoms with E-state index in [2.05, 4.69) is 15.2 Å². The third kappa shape index (κ3) is 2.25. The van der Waals surface area contributed by atoms with Crippen molar-refractivity contribution < 1.29 is 9.90 Å². The fourth-order valence-electron chi connectivity index (χ4n) is 1.66. The van der Waals surface area contributed by atoms with E-state index in [1.165, 1.54) is 23.1 Å². The molecule has 8 heteroatoms. The lowest BCUT2D eigenvalue weighted by Crippen LogP contribution is -2.02. The van der Waals surface area contributed by atoms with Crippen LogP contribution in [-0.4, -0.2) is 36.6 Å². The van der Waals surface area contributed by atoms with E-state index < -0.39 is 5.97 Å². The highest BCUT2D eigenvalue weighted by atomic mass is 32.2. The Morgan fingerprint density at radius 2 is 2.39 bits per heavy atom. The van der Waals surface area contributed by atoms with Crippen LogP contribution in [0, 0.1) is 0 Å². The lowest BCUT2D eigenvalue weighted by atomic mass is 10.5. The van der Waals surface area contributed by atoms with Crippen LogP contribution in [0.15, 0.2) is 16.9 Å². The molecule has 0 atom stereocenters. The molecule has 0 aliphatic heterocycles. The lowest BCUT2D eigenvalue weighted by molar-refractivity contribution is -0.133. The van der Waals surface area contributed by atoms with Gasteiger partial charge in [0.15, 0.2) is 11.0 Å². The van der Waals surface area contributed by atoms with Crippen LogP contribution in [0.1, 0.15) is 18.9 Å². The smallest absolute Gasteiger partial charge is 0.313 e. The Kier molecular flexibility index (Phi) is 3.04. The van der Waals surface area contributed by atoms with Gasteiger partial charge in [0.25, 0.3) is 0 Å². The van der Waals surface area contributed by atoms with Gasteiger partial charge in [-0.25, -0.2) is 0 Å².